The van der Waals surface area contributed by atoms with E-state index < -0.39 is 23.5 Å². The van der Waals surface area contributed by atoms with Crippen molar-refractivity contribution in [3.63, 3.8) is 0 Å². The van der Waals surface area contributed by atoms with Crippen molar-refractivity contribution in [2.45, 2.75) is 6.18 Å². The topological polar surface area (TPSA) is 26.3 Å². The van der Waals surface area contributed by atoms with E-state index in [-0.39, 0.29) is 4.48 Å². The van der Waals surface area contributed by atoms with Crippen LogP contribution in [0.4, 0.5) is 13.2 Å². The van der Waals surface area contributed by atoms with Crippen molar-refractivity contribution >= 4 is 21.9 Å². The third kappa shape index (κ3) is 3.10. The molecule has 2 nitrogen and oxygen atoms in total. The zero-order valence-electron chi connectivity index (χ0n) is 7.84. The van der Waals surface area contributed by atoms with Gasteiger partial charge in [-0.1, -0.05) is 18.7 Å². The van der Waals surface area contributed by atoms with E-state index >= 15 is 0 Å². The fourth-order valence-electron chi connectivity index (χ4n) is 0.945. The van der Waals surface area contributed by atoms with Gasteiger partial charge in [0.15, 0.2) is 0 Å². The first-order chi connectivity index (χ1) is 7.32. The second kappa shape index (κ2) is 4.69. The van der Waals surface area contributed by atoms with E-state index in [2.05, 4.69) is 27.2 Å². The highest BCUT2D eigenvalue weighted by Crippen LogP contribution is 2.36. The van der Waals surface area contributed by atoms with Crippen LogP contribution in [-0.2, 0) is 11.0 Å². The molecule has 1 rings (SSSR count). The summed E-state index contributed by atoms with van der Waals surface area (Å²) in [6.45, 7) is 3.20. The zero-order chi connectivity index (χ0) is 12.3. The molecule has 86 valence electrons. The second-order valence-corrected chi connectivity index (χ2v) is 3.75. The van der Waals surface area contributed by atoms with Crippen molar-refractivity contribution in [2.75, 3.05) is 0 Å². The average Bonchev–Trinajstić information content (AvgIpc) is 2.16. The van der Waals surface area contributed by atoms with Gasteiger partial charge < -0.3 is 4.74 Å². The smallest absolute Gasteiger partial charge is 0.419 e. The van der Waals surface area contributed by atoms with E-state index in [0.29, 0.717) is 0 Å². The zero-order valence-corrected chi connectivity index (χ0v) is 9.43. The first-order valence-electron chi connectivity index (χ1n) is 4.05. The average molecular weight is 295 g/mol. The van der Waals surface area contributed by atoms with Gasteiger partial charge >= 0.3 is 12.1 Å². The molecule has 1 aromatic carbocycles. The first-order valence-corrected chi connectivity index (χ1v) is 4.84. The lowest BCUT2D eigenvalue weighted by molar-refractivity contribution is -0.140. The number of carbonyl (C=O) groups excluding carboxylic acids is 1. The van der Waals surface area contributed by atoms with Crippen LogP contribution in [-0.4, -0.2) is 5.97 Å². The number of hydrogen-bond donors (Lipinski definition) is 0. The van der Waals surface area contributed by atoms with Gasteiger partial charge in [-0.25, -0.2) is 4.79 Å². The molecule has 0 radical (unpaired) electrons. The summed E-state index contributed by atoms with van der Waals surface area (Å²) in [4.78, 5) is 11.1. The van der Waals surface area contributed by atoms with Gasteiger partial charge in [0.25, 0.3) is 0 Å². The Morgan fingerprint density at radius 1 is 1.31 bits per heavy atom. The van der Waals surface area contributed by atoms with Crippen LogP contribution >= 0.6 is 15.9 Å². The minimum atomic E-state index is -4.56. The molecular formula is C10H6BrF3O2. The van der Waals surface area contributed by atoms with E-state index in [1.165, 1.54) is 12.1 Å². The Bertz CT molecular complexity index is 426. The molecule has 0 bridgehead atoms. The molecule has 0 saturated heterocycles. The Hall–Kier alpha value is -1.30. The summed E-state index contributed by atoms with van der Waals surface area (Å²) in [6, 6.07) is 4.45. The van der Waals surface area contributed by atoms with Crippen molar-refractivity contribution < 1.29 is 22.7 Å². The molecule has 6 heteroatoms. The fourth-order valence-corrected chi connectivity index (χ4v) is 1.03. The molecule has 0 spiro atoms. The molecule has 16 heavy (non-hydrogen) atoms. The van der Waals surface area contributed by atoms with Crippen LogP contribution in [0.2, 0.25) is 0 Å². The van der Waals surface area contributed by atoms with Crippen molar-refractivity contribution in [3.05, 3.63) is 40.9 Å². The van der Waals surface area contributed by atoms with Crippen LogP contribution in [0.15, 0.2) is 35.3 Å². The molecule has 0 N–H and O–H groups in total. The SMILES string of the molecule is C=C(Br)C(=O)Oc1ccccc1C(F)(F)F. The Morgan fingerprint density at radius 3 is 2.38 bits per heavy atom. The summed E-state index contributed by atoms with van der Waals surface area (Å²) >= 11 is 2.72. The predicted octanol–water partition coefficient (Wildman–Crippen LogP) is 3.52. The summed E-state index contributed by atoms with van der Waals surface area (Å²) in [5.74, 6) is -1.50. The molecule has 0 aliphatic carbocycles. The summed E-state index contributed by atoms with van der Waals surface area (Å²) in [7, 11) is 0. The molecule has 0 aliphatic heterocycles. The Morgan fingerprint density at radius 2 is 1.88 bits per heavy atom. The monoisotopic (exact) mass is 294 g/mol. The lowest BCUT2D eigenvalue weighted by Crippen LogP contribution is -2.12. The standard InChI is InChI=1S/C10H6BrF3O2/c1-6(11)9(15)16-8-5-3-2-4-7(8)10(12,13)14/h2-5H,1H2. The highest BCUT2D eigenvalue weighted by Gasteiger charge is 2.34. The van der Waals surface area contributed by atoms with E-state index in [1.54, 1.807) is 0 Å². The Labute approximate surface area is 97.8 Å². The minimum Gasteiger partial charge on any atom is -0.422 e. The van der Waals surface area contributed by atoms with Gasteiger partial charge in [-0.2, -0.15) is 13.2 Å². The third-order valence-corrected chi connectivity index (χ3v) is 1.94. The molecule has 0 amide bonds. The molecule has 0 unspecified atom stereocenters. The van der Waals surface area contributed by atoms with Gasteiger partial charge in [0.2, 0.25) is 0 Å². The van der Waals surface area contributed by atoms with Gasteiger partial charge in [0.1, 0.15) is 5.75 Å². The highest BCUT2D eigenvalue weighted by molar-refractivity contribution is 9.12. The predicted molar refractivity (Wildman–Crippen MR) is 55.1 cm³/mol. The maximum atomic E-state index is 12.5. The number of halogens is 4. The van der Waals surface area contributed by atoms with Crippen molar-refractivity contribution in [1.29, 1.82) is 0 Å². The van der Waals surface area contributed by atoms with Crippen LogP contribution in [0.1, 0.15) is 5.56 Å². The fraction of sp³-hybridized carbons (Fsp3) is 0.100. The molecule has 0 heterocycles. The maximum Gasteiger partial charge on any atom is 0.419 e. The molecular weight excluding hydrogens is 289 g/mol. The number of rotatable bonds is 2. The lowest BCUT2D eigenvalue weighted by Gasteiger charge is -2.11. The second-order valence-electron chi connectivity index (χ2n) is 2.79. The Balaban J connectivity index is 3.05. The van der Waals surface area contributed by atoms with Gasteiger partial charge in [-0.15, -0.1) is 0 Å². The van der Waals surface area contributed by atoms with Crippen LogP contribution in [0.3, 0.4) is 0 Å². The van der Waals surface area contributed by atoms with Crippen LogP contribution in [0.5, 0.6) is 5.75 Å². The van der Waals surface area contributed by atoms with Crippen LogP contribution in [0, 0.1) is 0 Å². The van der Waals surface area contributed by atoms with Crippen molar-refractivity contribution in [3.8, 4) is 5.75 Å². The largest absolute Gasteiger partial charge is 0.422 e. The highest BCUT2D eigenvalue weighted by atomic mass is 79.9. The van der Waals surface area contributed by atoms with Gasteiger partial charge in [0, 0.05) is 0 Å². The number of esters is 1. The van der Waals surface area contributed by atoms with Gasteiger partial charge in [-0.3, -0.25) is 0 Å². The summed E-state index contributed by atoms with van der Waals surface area (Å²) in [6.07, 6.45) is -4.56. The third-order valence-electron chi connectivity index (χ3n) is 1.62. The number of benzene rings is 1. The van der Waals surface area contributed by atoms with Gasteiger partial charge in [0.05, 0.1) is 10.0 Å². The number of ether oxygens (including phenoxy) is 1. The molecule has 0 aliphatic rings. The normalized spacial score (nSPS) is 11.0. The molecule has 0 aromatic heterocycles. The van der Waals surface area contributed by atoms with Gasteiger partial charge in [-0.05, 0) is 28.1 Å². The first kappa shape index (κ1) is 12.8. The molecule has 0 fully saturated rings. The van der Waals surface area contributed by atoms with Crippen molar-refractivity contribution in [2.24, 2.45) is 0 Å². The maximum absolute atomic E-state index is 12.5. The lowest BCUT2D eigenvalue weighted by atomic mass is 10.2. The van der Waals surface area contributed by atoms with E-state index in [9.17, 15) is 18.0 Å². The van der Waals surface area contributed by atoms with E-state index in [4.69, 9.17) is 0 Å². The summed E-state index contributed by atoms with van der Waals surface area (Å²) in [5, 5.41) is 0. The summed E-state index contributed by atoms with van der Waals surface area (Å²) < 4.78 is 41.8. The minimum absolute atomic E-state index is 0.149. The van der Waals surface area contributed by atoms with E-state index in [0.717, 1.165) is 12.1 Å². The van der Waals surface area contributed by atoms with E-state index in [1.807, 2.05) is 0 Å². The number of hydrogen-bond acceptors (Lipinski definition) is 2. The summed E-state index contributed by atoms with van der Waals surface area (Å²) in [5.41, 5.74) is -1.00. The van der Waals surface area contributed by atoms with Crippen LogP contribution < -0.4 is 4.74 Å². The number of carbonyl (C=O) groups is 1. The molecule has 0 saturated carbocycles. The van der Waals surface area contributed by atoms with Crippen LogP contribution in [0.25, 0.3) is 0 Å². The molecule has 0 atom stereocenters. The Kier molecular flexibility index (Phi) is 3.74. The number of alkyl halides is 3. The number of para-hydroxylation sites is 1. The quantitative estimate of drug-likeness (QED) is 0.474. The van der Waals surface area contributed by atoms with Crippen molar-refractivity contribution in [1.82, 2.24) is 0 Å². The molecule has 1 aromatic rings.